The summed E-state index contributed by atoms with van der Waals surface area (Å²) in [6.07, 6.45) is 3.71. The molecule has 0 spiro atoms. The lowest BCUT2D eigenvalue weighted by Gasteiger charge is -2.06. The van der Waals surface area contributed by atoms with E-state index in [1.54, 1.807) is 0 Å². The van der Waals surface area contributed by atoms with Gasteiger partial charge in [-0.05, 0) is 36.8 Å². The van der Waals surface area contributed by atoms with E-state index in [4.69, 9.17) is 0 Å². The molecule has 0 saturated carbocycles. The molecule has 18 heavy (non-hydrogen) atoms. The number of hydrogen-bond acceptors (Lipinski definition) is 3. The Labute approximate surface area is 105 Å². The maximum atomic E-state index is 4.36. The lowest BCUT2D eigenvalue weighted by molar-refractivity contribution is 1.04. The van der Waals surface area contributed by atoms with Crippen molar-refractivity contribution in [2.24, 2.45) is 0 Å². The van der Waals surface area contributed by atoms with Crippen molar-refractivity contribution in [3.8, 4) is 0 Å². The number of pyridine rings is 1. The summed E-state index contributed by atoms with van der Waals surface area (Å²) < 4.78 is 0. The van der Waals surface area contributed by atoms with Crippen molar-refractivity contribution in [1.29, 1.82) is 0 Å². The molecular formula is C14H14N4. The normalized spacial score (nSPS) is 10.7. The van der Waals surface area contributed by atoms with Crippen LogP contribution in [-0.4, -0.2) is 15.2 Å². The van der Waals surface area contributed by atoms with Crippen molar-refractivity contribution in [3.05, 3.63) is 54.0 Å². The average molecular weight is 238 g/mol. The van der Waals surface area contributed by atoms with Gasteiger partial charge in [-0.3, -0.25) is 10.1 Å². The maximum absolute atomic E-state index is 4.36. The number of aromatic nitrogens is 3. The molecule has 0 saturated heterocycles. The molecule has 0 amide bonds. The van der Waals surface area contributed by atoms with Gasteiger partial charge in [-0.15, -0.1) is 0 Å². The molecule has 0 radical (unpaired) electrons. The molecule has 90 valence electrons. The highest BCUT2D eigenvalue weighted by molar-refractivity contribution is 5.81. The molecule has 2 heterocycles. The smallest absolute Gasteiger partial charge is 0.0651 e. The fourth-order valence-corrected chi connectivity index (χ4v) is 1.85. The van der Waals surface area contributed by atoms with E-state index in [0.717, 1.165) is 28.8 Å². The third-order valence-electron chi connectivity index (χ3n) is 2.89. The minimum Gasteiger partial charge on any atom is -0.379 e. The topological polar surface area (TPSA) is 53.6 Å². The third-order valence-corrected chi connectivity index (χ3v) is 2.89. The first-order chi connectivity index (χ1) is 8.81. The fourth-order valence-electron chi connectivity index (χ4n) is 1.85. The van der Waals surface area contributed by atoms with Gasteiger partial charge in [-0.1, -0.05) is 6.07 Å². The van der Waals surface area contributed by atoms with Gasteiger partial charge in [0, 0.05) is 17.3 Å². The van der Waals surface area contributed by atoms with Gasteiger partial charge < -0.3 is 5.32 Å². The SMILES string of the molecule is Cc1ccc(CNc2ccc3[nH]ncc3c2)nc1. The van der Waals surface area contributed by atoms with Crippen LogP contribution >= 0.6 is 0 Å². The van der Waals surface area contributed by atoms with Crippen LogP contribution in [0.1, 0.15) is 11.3 Å². The van der Waals surface area contributed by atoms with Crippen LogP contribution in [0.3, 0.4) is 0 Å². The van der Waals surface area contributed by atoms with Crippen LogP contribution in [0.5, 0.6) is 0 Å². The molecule has 2 aromatic heterocycles. The second kappa shape index (κ2) is 4.49. The third kappa shape index (κ3) is 2.18. The number of fused-ring (bicyclic) bond motifs is 1. The van der Waals surface area contributed by atoms with Gasteiger partial charge in [0.1, 0.15) is 0 Å². The molecule has 0 unspecified atom stereocenters. The highest BCUT2D eigenvalue weighted by atomic mass is 15.1. The molecule has 4 nitrogen and oxygen atoms in total. The van der Waals surface area contributed by atoms with E-state index in [2.05, 4.69) is 32.6 Å². The molecule has 1 aromatic carbocycles. The molecule has 2 N–H and O–H groups in total. The molecular weight excluding hydrogens is 224 g/mol. The largest absolute Gasteiger partial charge is 0.379 e. The summed E-state index contributed by atoms with van der Waals surface area (Å²) >= 11 is 0. The quantitative estimate of drug-likeness (QED) is 0.737. The summed E-state index contributed by atoms with van der Waals surface area (Å²) in [5.41, 5.74) is 4.34. The lowest BCUT2D eigenvalue weighted by Crippen LogP contribution is -2.01. The molecule has 0 aliphatic carbocycles. The van der Waals surface area contributed by atoms with Crippen LogP contribution in [0.25, 0.3) is 10.9 Å². The number of nitrogens with zero attached hydrogens (tertiary/aromatic N) is 2. The summed E-state index contributed by atoms with van der Waals surface area (Å²) in [5.74, 6) is 0. The predicted molar refractivity (Wildman–Crippen MR) is 72.4 cm³/mol. The Morgan fingerprint density at radius 2 is 2.11 bits per heavy atom. The van der Waals surface area contributed by atoms with Gasteiger partial charge in [-0.25, -0.2) is 0 Å². The van der Waals surface area contributed by atoms with Crippen LogP contribution in [0.2, 0.25) is 0 Å². The Morgan fingerprint density at radius 1 is 1.17 bits per heavy atom. The highest BCUT2D eigenvalue weighted by Crippen LogP contribution is 2.17. The van der Waals surface area contributed by atoms with Gasteiger partial charge in [0.15, 0.2) is 0 Å². The Kier molecular flexibility index (Phi) is 2.68. The van der Waals surface area contributed by atoms with Crippen LogP contribution in [0.15, 0.2) is 42.7 Å². The van der Waals surface area contributed by atoms with E-state index in [1.807, 2.05) is 37.5 Å². The van der Waals surface area contributed by atoms with Gasteiger partial charge in [-0.2, -0.15) is 5.10 Å². The van der Waals surface area contributed by atoms with Crippen molar-refractivity contribution in [3.63, 3.8) is 0 Å². The number of anilines is 1. The van der Waals surface area contributed by atoms with Crippen LogP contribution in [0, 0.1) is 6.92 Å². The Balaban J connectivity index is 1.74. The first-order valence-corrected chi connectivity index (χ1v) is 5.90. The van der Waals surface area contributed by atoms with E-state index in [1.165, 1.54) is 5.56 Å². The van der Waals surface area contributed by atoms with Crippen LogP contribution in [-0.2, 0) is 6.54 Å². The molecule has 0 fully saturated rings. The number of rotatable bonds is 3. The molecule has 0 aliphatic rings. The number of aromatic amines is 1. The van der Waals surface area contributed by atoms with Crippen LogP contribution in [0.4, 0.5) is 5.69 Å². The lowest BCUT2D eigenvalue weighted by atomic mass is 10.2. The first-order valence-electron chi connectivity index (χ1n) is 5.90. The van der Waals surface area contributed by atoms with E-state index >= 15 is 0 Å². The molecule has 4 heteroatoms. The van der Waals surface area contributed by atoms with E-state index < -0.39 is 0 Å². The zero-order valence-electron chi connectivity index (χ0n) is 10.1. The zero-order chi connectivity index (χ0) is 12.4. The van der Waals surface area contributed by atoms with Crippen LogP contribution < -0.4 is 5.32 Å². The monoisotopic (exact) mass is 238 g/mol. The van der Waals surface area contributed by atoms with E-state index in [9.17, 15) is 0 Å². The van der Waals surface area contributed by atoms with Gasteiger partial charge in [0.25, 0.3) is 0 Å². The minimum absolute atomic E-state index is 0.726. The number of H-pyrrole nitrogens is 1. The second-order valence-electron chi connectivity index (χ2n) is 4.35. The number of aryl methyl sites for hydroxylation is 1. The molecule has 0 bridgehead atoms. The number of benzene rings is 1. The standard InChI is InChI=1S/C14H14N4/c1-10-2-3-13(15-7-10)9-16-12-4-5-14-11(6-12)8-17-18-14/h2-8,16H,9H2,1H3,(H,17,18). The molecule has 3 aromatic rings. The first kappa shape index (κ1) is 10.8. The minimum atomic E-state index is 0.726. The summed E-state index contributed by atoms with van der Waals surface area (Å²) in [6, 6.07) is 10.2. The number of nitrogens with one attached hydrogen (secondary N) is 2. The number of hydrogen-bond donors (Lipinski definition) is 2. The Bertz CT molecular complexity index is 655. The average Bonchev–Trinajstić information content (AvgIpc) is 2.85. The zero-order valence-corrected chi connectivity index (χ0v) is 10.1. The fraction of sp³-hybridized carbons (Fsp3) is 0.143. The Morgan fingerprint density at radius 3 is 2.94 bits per heavy atom. The Hall–Kier alpha value is -2.36. The van der Waals surface area contributed by atoms with Crippen molar-refractivity contribution in [2.45, 2.75) is 13.5 Å². The van der Waals surface area contributed by atoms with Crippen molar-refractivity contribution < 1.29 is 0 Å². The highest BCUT2D eigenvalue weighted by Gasteiger charge is 1.98. The van der Waals surface area contributed by atoms with Crippen molar-refractivity contribution >= 4 is 16.6 Å². The molecule has 0 aliphatic heterocycles. The van der Waals surface area contributed by atoms with Crippen molar-refractivity contribution in [1.82, 2.24) is 15.2 Å². The van der Waals surface area contributed by atoms with Crippen molar-refractivity contribution in [2.75, 3.05) is 5.32 Å². The summed E-state index contributed by atoms with van der Waals surface area (Å²) in [7, 11) is 0. The summed E-state index contributed by atoms with van der Waals surface area (Å²) in [4.78, 5) is 4.36. The summed E-state index contributed by atoms with van der Waals surface area (Å²) in [5, 5.41) is 11.4. The maximum Gasteiger partial charge on any atom is 0.0651 e. The second-order valence-corrected chi connectivity index (χ2v) is 4.35. The van der Waals surface area contributed by atoms with Gasteiger partial charge >= 0.3 is 0 Å². The van der Waals surface area contributed by atoms with E-state index in [-0.39, 0.29) is 0 Å². The molecule has 0 atom stereocenters. The van der Waals surface area contributed by atoms with Gasteiger partial charge in [0.05, 0.1) is 24.0 Å². The van der Waals surface area contributed by atoms with E-state index in [0.29, 0.717) is 0 Å². The summed E-state index contributed by atoms with van der Waals surface area (Å²) in [6.45, 7) is 2.76. The molecule has 3 rings (SSSR count). The predicted octanol–water partition coefficient (Wildman–Crippen LogP) is 2.88. The van der Waals surface area contributed by atoms with Gasteiger partial charge in [0.2, 0.25) is 0 Å².